The van der Waals surface area contributed by atoms with E-state index in [1.165, 1.54) is 22.2 Å². The molecule has 0 aliphatic carbocycles. The van der Waals surface area contributed by atoms with Crippen molar-refractivity contribution >= 4 is 27.3 Å². The largest absolute Gasteiger partial charge is 0.330 e. The number of halogens is 1. The van der Waals surface area contributed by atoms with Crippen molar-refractivity contribution in [1.29, 1.82) is 0 Å². The molecule has 16 heavy (non-hydrogen) atoms. The summed E-state index contributed by atoms with van der Waals surface area (Å²) in [5, 5.41) is 2.21. The van der Waals surface area contributed by atoms with E-state index in [1.54, 1.807) is 11.3 Å². The molecule has 0 amide bonds. The van der Waals surface area contributed by atoms with Crippen molar-refractivity contribution < 1.29 is 0 Å². The average molecular weight is 305 g/mol. The van der Waals surface area contributed by atoms with Crippen molar-refractivity contribution in [1.82, 2.24) is 4.90 Å². The first-order chi connectivity index (χ1) is 7.65. The molecule has 2 N–H and O–H groups in total. The van der Waals surface area contributed by atoms with Crippen LogP contribution in [-0.2, 0) is 6.54 Å². The standard InChI is InChI=1S/C12H21BrN2S/c1-3-4-10(6-14)7-15(2)8-11-5-12(13)16-9-11/h5,9-10H,3-4,6-8,14H2,1-2H3. The highest BCUT2D eigenvalue weighted by molar-refractivity contribution is 9.11. The average Bonchev–Trinajstić information content (AvgIpc) is 2.63. The lowest BCUT2D eigenvalue weighted by molar-refractivity contribution is 0.263. The number of hydrogen-bond acceptors (Lipinski definition) is 3. The molecule has 1 atom stereocenters. The minimum atomic E-state index is 0.636. The normalized spacial score (nSPS) is 13.3. The highest BCUT2D eigenvalue weighted by Gasteiger charge is 2.10. The molecule has 92 valence electrons. The Balaban J connectivity index is 2.37. The summed E-state index contributed by atoms with van der Waals surface area (Å²) in [5.41, 5.74) is 7.15. The van der Waals surface area contributed by atoms with Crippen LogP contribution in [0.5, 0.6) is 0 Å². The van der Waals surface area contributed by atoms with E-state index in [4.69, 9.17) is 5.73 Å². The molecule has 1 heterocycles. The van der Waals surface area contributed by atoms with E-state index in [0.29, 0.717) is 5.92 Å². The minimum absolute atomic E-state index is 0.636. The maximum absolute atomic E-state index is 5.77. The van der Waals surface area contributed by atoms with Crippen LogP contribution in [0.15, 0.2) is 15.2 Å². The lowest BCUT2D eigenvalue weighted by Gasteiger charge is -2.22. The van der Waals surface area contributed by atoms with Crippen LogP contribution >= 0.6 is 27.3 Å². The van der Waals surface area contributed by atoms with E-state index in [0.717, 1.165) is 19.6 Å². The summed E-state index contributed by atoms with van der Waals surface area (Å²) < 4.78 is 1.21. The SMILES string of the molecule is CCCC(CN)CN(C)Cc1csc(Br)c1. The molecule has 0 aliphatic heterocycles. The second-order valence-electron chi connectivity index (χ2n) is 4.35. The van der Waals surface area contributed by atoms with E-state index in [9.17, 15) is 0 Å². The molecule has 2 nitrogen and oxygen atoms in total. The van der Waals surface area contributed by atoms with Gasteiger partial charge < -0.3 is 10.6 Å². The van der Waals surface area contributed by atoms with Gasteiger partial charge in [-0.25, -0.2) is 0 Å². The molecule has 0 spiro atoms. The molecular weight excluding hydrogens is 284 g/mol. The number of thiophene rings is 1. The van der Waals surface area contributed by atoms with Crippen molar-refractivity contribution in [3.05, 3.63) is 20.8 Å². The van der Waals surface area contributed by atoms with Crippen molar-refractivity contribution in [2.24, 2.45) is 11.7 Å². The second-order valence-corrected chi connectivity index (χ2v) is 6.64. The van der Waals surface area contributed by atoms with Crippen LogP contribution < -0.4 is 5.73 Å². The molecule has 1 aromatic rings. The van der Waals surface area contributed by atoms with Crippen LogP contribution in [0.25, 0.3) is 0 Å². The minimum Gasteiger partial charge on any atom is -0.330 e. The summed E-state index contributed by atoms with van der Waals surface area (Å²) in [6.07, 6.45) is 2.45. The zero-order valence-electron chi connectivity index (χ0n) is 10.1. The Kier molecular flexibility index (Phi) is 6.58. The Morgan fingerprint density at radius 3 is 2.81 bits per heavy atom. The summed E-state index contributed by atoms with van der Waals surface area (Å²) in [6, 6.07) is 2.19. The first-order valence-electron chi connectivity index (χ1n) is 5.77. The van der Waals surface area contributed by atoms with E-state index < -0.39 is 0 Å². The second kappa shape index (κ2) is 7.43. The van der Waals surface area contributed by atoms with Crippen molar-refractivity contribution in [3.63, 3.8) is 0 Å². The lowest BCUT2D eigenvalue weighted by atomic mass is 10.0. The molecular formula is C12H21BrN2S. The van der Waals surface area contributed by atoms with Gasteiger partial charge in [0.25, 0.3) is 0 Å². The Hall–Kier alpha value is 0.100. The van der Waals surface area contributed by atoms with Crippen LogP contribution in [0.4, 0.5) is 0 Å². The molecule has 0 saturated heterocycles. The number of nitrogens with two attached hydrogens (primary N) is 1. The summed E-state index contributed by atoms with van der Waals surface area (Å²) in [4.78, 5) is 2.36. The van der Waals surface area contributed by atoms with Gasteiger partial charge >= 0.3 is 0 Å². The molecule has 0 radical (unpaired) electrons. The zero-order chi connectivity index (χ0) is 12.0. The maximum Gasteiger partial charge on any atom is 0.0701 e. The van der Waals surface area contributed by atoms with Crippen LogP contribution in [0.2, 0.25) is 0 Å². The van der Waals surface area contributed by atoms with Gasteiger partial charge in [0, 0.05) is 13.1 Å². The Labute approximate surface area is 111 Å². The summed E-state index contributed by atoms with van der Waals surface area (Å²) in [6.45, 7) is 5.13. The third-order valence-corrected chi connectivity index (χ3v) is 4.23. The first-order valence-corrected chi connectivity index (χ1v) is 7.44. The molecule has 4 heteroatoms. The van der Waals surface area contributed by atoms with Crippen LogP contribution in [0, 0.1) is 5.92 Å². The van der Waals surface area contributed by atoms with E-state index >= 15 is 0 Å². The molecule has 1 rings (SSSR count). The first kappa shape index (κ1) is 14.2. The van der Waals surface area contributed by atoms with E-state index in [-0.39, 0.29) is 0 Å². The van der Waals surface area contributed by atoms with Gasteiger partial charge in [0.05, 0.1) is 3.79 Å². The smallest absolute Gasteiger partial charge is 0.0701 e. The molecule has 0 saturated carbocycles. The third kappa shape index (κ3) is 4.95. The lowest BCUT2D eigenvalue weighted by Crippen LogP contribution is -2.29. The fourth-order valence-electron chi connectivity index (χ4n) is 1.94. The van der Waals surface area contributed by atoms with E-state index in [1.807, 2.05) is 0 Å². The quantitative estimate of drug-likeness (QED) is 0.837. The summed E-state index contributed by atoms with van der Waals surface area (Å²) >= 11 is 5.24. The van der Waals surface area contributed by atoms with Gasteiger partial charge in [0.2, 0.25) is 0 Å². The topological polar surface area (TPSA) is 29.3 Å². The molecule has 1 unspecified atom stereocenters. The monoisotopic (exact) mass is 304 g/mol. The molecule has 0 aliphatic rings. The fraction of sp³-hybridized carbons (Fsp3) is 0.667. The molecule has 0 fully saturated rings. The van der Waals surface area contributed by atoms with Gasteiger partial charge in [-0.3, -0.25) is 0 Å². The predicted molar refractivity (Wildman–Crippen MR) is 75.8 cm³/mol. The number of hydrogen-bond donors (Lipinski definition) is 1. The Morgan fingerprint density at radius 1 is 1.56 bits per heavy atom. The van der Waals surface area contributed by atoms with Crippen LogP contribution in [-0.4, -0.2) is 25.0 Å². The zero-order valence-corrected chi connectivity index (χ0v) is 12.5. The van der Waals surface area contributed by atoms with E-state index in [2.05, 4.69) is 46.2 Å². The van der Waals surface area contributed by atoms with Gasteiger partial charge in [0.15, 0.2) is 0 Å². The van der Waals surface area contributed by atoms with Crippen LogP contribution in [0.3, 0.4) is 0 Å². The van der Waals surface area contributed by atoms with Crippen molar-refractivity contribution in [2.45, 2.75) is 26.3 Å². The molecule has 1 aromatic heterocycles. The van der Waals surface area contributed by atoms with Gasteiger partial charge in [-0.05, 0) is 58.9 Å². The molecule has 0 bridgehead atoms. The van der Waals surface area contributed by atoms with Gasteiger partial charge in [-0.15, -0.1) is 11.3 Å². The Bertz CT molecular complexity index is 301. The highest BCUT2D eigenvalue weighted by atomic mass is 79.9. The fourth-order valence-corrected chi connectivity index (χ4v) is 3.14. The number of rotatable bonds is 7. The molecule has 0 aromatic carbocycles. The summed E-state index contributed by atoms with van der Waals surface area (Å²) in [5.74, 6) is 0.636. The maximum atomic E-state index is 5.77. The van der Waals surface area contributed by atoms with Crippen molar-refractivity contribution in [2.75, 3.05) is 20.1 Å². The van der Waals surface area contributed by atoms with Crippen LogP contribution in [0.1, 0.15) is 25.3 Å². The van der Waals surface area contributed by atoms with Gasteiger partial charge in [-0.2, -0.15) is 0 Å². The number of nitrogens with zero attached hydrogens (tertiary/aromatic N) is 1. The third-order valence-electron chi connectivity index (χ3n) is 2.67. The highest BCUT2D eigenvalue weighted by Crippen LogP contribution is 2.21. The Morgan fingerprint density at radius 2 is 2.31 bits per heavy atom. The summed E-state index contributed by atoms with van der Waals surface area (Å²) in [7, 11) is 2.17. The van der Waals surface area contributed by atoms with Gasteiger partial charge in [-0.1, -0.05) is 13.3 Å². The predicted octanol–water partition coefficient (Wildman–Crippen LogP) is 3.32. The van der Waals surface area contributed by atoms with Crippen molar-refractivity contribution in [3.8, 4) is 0 Å². The van der Waals surface area contributed by atoms with Gasteiger partial charge in [0.1, 0.15) is 0 Å².